The first-order valence-corrected chi connectivity index (χ1v) is 7.16. The van der Waals surface area contributed by atoms with Gasteiger partial charge in [-0.3, -0.25) is 0 Å². The molecule has 0 aliphatic rings. The molecule has 0 aliphatic heterocycles. The summed E-state index contributed by atoms with van der Waals surface area (Å²) in [4.78, 5) is 0. The Labute approximate surface area is 145 Å². The Bertz CT molecular complexity index is 762. The molecule has 0 unspecified atom stereocenters. The van der Waals surface area contributed by atoms with Crippen molar-refractivity contribution in [3.63, 3.8) is 0 Å². The predicted octanol–water partition coefficient (Wildman–Crippen LogP) is 4.14. The van der Waals surface area contributed by atoms with Crippen LogP contribution >= 0.6 is 45.8 Å². The maximum absolute atomic E-state index is 12.2. The quantitative estimate of drug-likeness (QED) is 0.680. The van der Waals surface area contributed by atoms with Crippen LogP contribution in [0.25, 0.3) is 5.69 Å². The molecule has 1 aromatic heterocycles. The second-order valence-corrected chi connectivity index (χ2v) is 5.75. The highest BCUT2D eigenvalue weighted by Crippen LogP contribution is 2.37. The van der Waals surface area contributed by atoms with E-state index in [1.165, 1.54) is 0 Å². The summed E-state index contributed by atoms with van der Waals surface area (Å²) in [7, 11) is 0. The van der Waals surface area contributed by atoms with Gasteiger partial charge in [-0.05, 0) is 22.6 Å². The second-order valence-electron chi connectivity index (χ2n) is 3.85. The van der Waals surface area contributed by atoms with Gasteiger partial charge in [-0.25, -0.2) is 4.68 Å². The van der Waals surface area contributed by atoms with Crippen molar-refractivity contribution in [3.05, 3.63) is 31.4 Å². The predicted molar refractivity (Wildman–Crippen MR) is 82.1 cm³/mol. The molecule has 0 saturated heterocycles. The SMILES string of the molecule is N#Cc1nn(-c2c(Cl)cc(OC(F)(F)F)cc2Cl)c(N)c1I. The highest BCUT2D eigenvalue weighted by Gasteiger charge is 2.32. The Morgan fingerprint density at radius 1 is 1.32 bits per heavy atom. The van der Waals surface area contributed by atoms with E-state index in [2.05, 4.69) is 9.84 Å². The van der Waals surface area contributed by atoms with Crippen LogP contribution in [0.4, 0.5) is 19.0 Å². The molecule has 5 nitrogen and oxygen atoms in total. The number of ether oxygens (including phenoxy) is 1. The van der Waals surface area contributed by atoms with Gasteiger partial charge in [0, 0.05) is 12.1 Å². The van der Waals surface area contributed by atoms with E-state index in [1.807, 2.05) is 28.7 Å². The summed E-state index contributed by atoms with van der Waals surface area (Å²) in [5.41, 5.74) is 5.90. The third-order valence-corrected chi connectivity index (χ3v) is 4.04. The van der Waals surface area contributed by atoms with Crippen molar-refractivity contribution < 1.29 is 17.9 Å². The van der Waals surface area contributed by atoms with Gasteiger partial charge in [0.2, 0.25) is 0 Å². The Balaban J connectivity index is 2.57. The minimum Gasteiger partial charge on any atom is -0.406 e. The molecule has 22 heavy (non-hydrogen) atoms. The van der Waals surface area contributed by atoms with Crippen molar-refractivity contribution >= 4 is 51.6 Å². The van der Waals surface area contributed by atoms with E-state index < -0.39 is 12.1 Å². The molecule has 1 heterocycles. The number of nitriles is 1. The smallest absolute Gasteiger partial charge is 0.406 e. The van der Waals surface area contributed by atoms with Gasteiger partial charge in [-0.2, -0.15) is 10.4 Å². The van der Waals surface area contributed by atoms with E-state index in [0.717, 1.165) is 16.8 Å². The first kappa shape index (κ1) is 17.0. The summed E-state index contributed by atoms with van der Waals surface area (Å²) in [6.07, 6.45) is -4.87. The standard InChI is InChI=1S/C11H4Cl2F3IN4O/c12-5-1-4(22-11(14,15)16)2-6(13)9(5)21-10(19)8(17)7(3-18)20-21/h1-2H,19H2. The minimum absolute atomic E-state index is 0.0425. The number of anilines is 1. The van der Waals surface area contributed by atoms with Crippen LogP contribution in [0.15, 0.2) is 12.1 Å². The molecule has 0 atom stereocenters. The zero-order valence-corrected chi connectivity index (χ0v) is 13.9. The number of aromatic nitrogens is 2. The molecule has 0 aliphatic carbocycles. The fourth-order valence-electron chi connectivity index (χ4n) is 1.59. The van der Waals surface area contributed by atoms with E-state index in [1.54, 1.807) is 0 Å². The molecule has 11 heteroatoms. The van der Waals surface area contributed by atoms with Crippen molar-refractivity contribution in [2.45, 2.75) is 6.36 Å². The van der Waals surface area contributed by atoms with Gasteiger partial charge in [0.05, 0.1) is 13.6 Å². The van der Waals surface area contributed by atoms with Crippen LogP contribution in [0.3, 0.4) is 0 Å². The minimum atomic E-state index is -4.87. The molecule has 1 aromatic carbocycles. The number of hydrogen-bond acceptors (Lipinski definition) is 4. The van der Waals surface area contributed by atoms with Crippen molar-refractivity contribution in [2.24, 2.45) is 0 Å². The summed E-state index contributed by atoms with van der Waals surface area (Å²) in [6, 6.07) is 3.68. The van der Waals surface area contributed by atoms with Crippen LogP contribution in [0.2, 0.25) is 10.0 Å². The summed E-state index contributed by atoms with van der Waals surface area (Å²) < 4.78 is 41.8. The monoisotopic (exact) mass is 462 g/mol. The number of halogens is 6. The highest BCUT2D eigenvalue weighted by molar-refractivity contribution is 14.1. The number of nitrogen functional groups attached to an aromatic ring is 1. The lowest BCUT2D eigenvalue weighted by atomic mass is 10.3. The van der Waals surface area contributed by atoms with Crippen LogP contribution < -0.4 is 10.5 Å². The molecule has 0 saturated carbocycles. The Morgan fingerprint density at radius 3 is 2.27 bits per heavy atom. The zero-order valence-electron chi connectivity index (χ0n) is 10.2. The van der Waals surface area contributed by atoms with Crippen LogP contribution in [-0.4, -0.2) is 16.1 Å². The molecule has 0 spiro atoms. The molecular weight excluding hydrogens is 459 g/mol. The van der Waals surface area contributed by atoms with Crippen LogP contribution in [0.5, 0.6) is 5.75 Å². The summed E-state index contributed by atoms with van der Waals surface area (Å²) in [5.74, 6) is -0.488. The lowest BCUT2D eigenvalue weighted by Crippen LogP contribution is -2.17. The van der Waals surface area contributed by atoms with Gasteiger partial charge in [0.1, 0.15) is 23.3 Å². The number of benzene rings is 1. The maximum Gasteiger partial charge on any atom is 0.573 e. The van der Waals surface area contributed by atoms with Crippen LogP contribution in [-0.2, 0) is 0 Å². The normalized spacial score (nSPS) is 11.3. The highest BCUT2D eigenvalue weighted by atomic mass is 127. The molecule has 0 radical (unpaired) electrons. The number of rotatable bonds is 2. The molecular formula is C11H4Cl2F3IN4O. The zero-order chi connectivity index (χ0) is 16.7. The lowest BCUT2D eigenvalue weighted by Gasteiger charge is -2.13. The molecule has 0 fully saturated rings. The molecule has 0 bridgehead atoms. The second kappa shape index (κ2) is 6.02. The fourth-order valence-corrected chi connectivity index (χ4v) is 2.68. The topological polar surface area (TPSA) is 76.9 Å². The molecule has 116 valence electrons. The molecule has 0 amide bonds. The van der Waals surface area contributed by atoms with Crippen LogP contribution in [0.1, 0.15) is 5.69 Å². The van der Waals surface area contributed by atoms with Crippen molar-refractivity contribution in [1.82, 2.24) is 9.78 Å². The van der Waals surface area contributed by atoms with Crippen molar-refractivity contribution in [1.29, 1.82) is 5.26 Å². The molecule has 2 N–H and O–H groups in total. The maximum atomic E-state index is 12.2. The average Bonchev–Trinajstić information content (AvgIpc) is 2.64. The number of hydrogen-bond donors (Lipinski definition) is 1. The van der Waals surface area contributed by atoms with Crippen molar-refractivity contribution in [3.8, 4) is 17.5 Å². The van der Waals surface area contributed by atoms with E-state index in [9.17, 15) is 13.2 Å². The Morgan fingerprint density at radius 2 is 1.86 bits per heavy atom. The first-order chi connectivity index (χ1) is 10.1. The first-order valence-electron chi connectivity index (χ1n) is 5.33. The van der Waals surface area contributed by atoms with Gasteiger partial charge in [0.25, 0.3) is 0 Å². The van der Waals surface area contributed by atoms with E-state index in [4.69, 9.17) is 34.2 Å². The lowest BCUT2D eigenvalue weighted by molar-refractivity contribution is -0.274. The summed E-state index contributed by atoms with van der Waals surface area (Å²) in [6.45, 7) is 0. The Kier molecular flexibility index (Phi) is 4.65. The third-order valence-electron chi connectivity index (χ3n) is 2.40. The number of nitrogens with two attached hydrogens (primary N) is 1. The van der Waals surface area contributed by atoms with Gasteiger partial charge in [0.15, 0.2) is 5.69 Å². The van der Waals surface area contributed by atoms with E-state index >= 15 is 0 Å². The molecule has 2 aromatic rings. The van der Waals surface area contributed by atoms with Crippen LogP contribution in [0, 0.1) is 14.9 Å². The third kappa shape index (κ3) is 3.34. The van der Waals surface area contributed by atoms with Gasteiger partial charge in [-0.15, -0.1) is 13.2 Å². The molecule has 2 rings (SSSR count). The number of alkyl halides is 3. The van der Waals surface area contributed by atoms with Gasteiger partial charge in [-0.1, -0.05) is 23.2 Å². The number of nitrogens with zero attached hydrogens (tertiary/aromatic N) is 3. The summed E-state index contributed by atoms with van der Waals surface area (Å²) in [5, 5.41) is 12.5. The largest absolute Gasteiger partial charge is 0.573 e. The van der Waals surface area contributed by atoms with Gasteiger partial charge >= 0.3 is 6.36 Å². The summed E-state index contributed by atoms with van der Waals surface area (Å²) >= 11 is 13.7. The average molecular weight is 463 g/mol. The fraction of sp³-hybridized carbons (Fsp3) is 0.0909. The Hall–Kier alpha value is -1.38. The van der Waals surface area contributed by atoms with E-state index in [0.29, 0.717) is 3.57 Å². The van der Waals surface area contributed by atoms with E-state index in [-0.39, 0.29) is 27.2 Å². The van der Waals surface area contributed by atoms with Gasteiger partial charge < -0.3 is 10.5 Å². The van der Waals surface area contributed by atoms with Crippen molar-refractivity contribution in [2.75, 3.05) is 5.73 Å².